The minimum Gasteiger partial charge on any atom is -0.465 e. The summed E-state index contributed by atoms with van der Waals surface area (Å²) in [7, 11) is 1.33. The van der Waals surface area contributed by atoms with E-state index in [9.17, 15) is 9.59 Å². The van der Waals surface area contributed by atoms with Gasteiger partial charge >= 0.3 is 5.97 Å². The number of benzene rings is 1. The lowest BCUT2D eigenvalue weighted by atomic mass is 10.2. The van der Waals surface area contributed by atoms with Crippen LogP contribution in [-0.2, 0) is 9.53 Å². The lowest BCUT2D eigenvalue weighted by Crippen LogP contribution is -2.11. The first kappa shape index (κ1) is 14.8. The molecule has 0 aromatic heterocycles. The Morgan fingerprint density at radius 3 is 2.53 bits per heavy atom. The summed E-state index contributed by atoms with van der Waals surface area (Å²) in [6.45, 7) is 0. The SMILES string of the molecule is C#CCCCCC(=O)Nc1ccc(C(=O)OC)cc1. The van der Waals surface area contributed by atoms with E-state index in [4.69, 9.17) is 6.42 Å². The Hall–Kier alpha value is -2.28. The van der Waals surface area contributed by atoms with Crippen molar-refractivity contribution >= 4 is 17.6 Å². The number of methoxy groups -OCH3 is 1. The maximum atomic E-state index is 11.6. The van der Waals surface area contributed by atoms with E-state index in [-0.39, 0.29) is 5.91 Å². The Kier molecular flexibility index (Phi) is 6.17. The molecule has 0 aliphatic heterocycles. The summed E-state index contributed by atoms with van der Waals surface area (Å²) in [5.41, 5.74) is 1.11. The van der Waals surface area contributed by atoms with Crippen LogP contribution in [0.4, 0.5) is 5.69 Å². The summed E-state index contributed by atoms with van der Waals surface area (Å²) in [6, 6.07) is 6.57. The van der Waals surface area contributed by atoms with E-state index < -0.39 is 5.97 Å². The number of esters is 1. The molecule has 1 amide bonds. The van der Waals surface area contributed by atoms with Crippen LogP contribution in [0.25, 0.3) is 0 Å². The number of carbonyl (C=O) groups excluding carboxylic acids is 2. The molecule has 0 aliphatic rings. The number of anilines is 1. The zero-order valence-electron chi connectivity index (χ0n) is 10.9. The Labute approximate surface area is 113 Å². The highest BCUT2D eigenvalue weighted by atomic mass is 16.5. The van der Waals surface area contributed by atoms with Gasteiger partial charge in [-0.15, -0.1) is 12.3 Å². The van der Waals surface area contributed by atoms with Gasteiger partial charge in [0.25, 0.3) is 0 Å². The summed E-state index contributed by atoms with van der Waals surface area (Å²) in [5.74, 6) is 2.09. The minimum absolute atomic E-state index is 0.0529. The maximum absolute atomic E-state index is 11.6. The first-order valence-electron chi connectivity index (χ1n) is 6.09. The van der Waals surface area contributed by atoms with Crippen molar-refractivity contribution in [2.45, 2.75) is 25.7 Å². The fourth-order valence-electron chi connectivity index (χ4n) is 1.54. The summed E-state index contributed by atoms with van der Waals surface area (Å²) >= 11 is 0. The number of rotatable bonds is 6. The third kappa shape index (κ3) is 5.26. The van der Waals surface area contributed by atoms with Gasteiger partial charge in [-0.25, -0.2) is 4.79 Å². The number of carbonyl (C=O) groups is 2. The highest BCUT2D eigenvalue weighted by Gasteiger charge is 2.06. The first-order valence-corrected chi connectivity index (χ1v) is 6.09. The van der Waals surface area contributed by atoms with Crippen LogP contribution in [-0.4, -0.2) is 19.0 Å². The zero-order valence-corrected chi connectivity index (χ0v) is 10.9. The summed E-state index contributed by atoms with van der Waals surface area (Å²) in [4.78, 5) is 22.8. The minimum atomic E-state index is -0.396. The standard InChI is InChI=1S/C15H17NO3/c1-3-4-5-6-7-14(17)16-13-10-8-12(9-11-13)15(18)19-2/h1,8-11H,4-7H2,2H3,(H,16,17). The summed E-state index contributed by atoms with van der Waals surface area (Å²) < 4.78 is 4.59. The number of amides is 1. The third-order valence-electron chi connectivity index (χ3n) is 2.56. The zero-order chi connectivity index (χ0) is 14.1. The van der Waals surface area contributed by atoms with Gasteiger partial charge in [0, 0.05) is 18.5 Å². The van der Waals surface area contributed by atoms with E-state index >= 15 is 0 Å². The normalized spacial score (nSPS) is 9.47. The number of ether oxygens (including phenoxy) is 1. The molecule has 0 saturated carbocycles. The van der Waals surface area contributed by atoms with Crippen molar-refractivity contribution < 1.29 is 14.3 Å². The van der Waals surface area contributed by atoms with Gasteiger partial charge in [0.1, 0.15) is 0 Å². The Balaban J connectivity index is 2.43. The molecule has 1 N–H and O–H groups in total. The molecule has 4 nitrogen and oxygen atoms in total. The van der Waals surface area contributed by atoms with E-state index in [0.717, 1.165) is 12.8 Å². The van der Waals surface area contributed by atoms with Crippen LogP contribution in [0.5, 0.6) is 0 Å². The molecule has 1 aromatic carbocycles. The van der Waals surface area contributed by atoms with Crippen LogP contribution in [0, 0.1) is 12.3 Å². The second-order valence-electron chi connectivity index (χ2n) is 4.03. The maximum Gasteiger partial charge on any atom is 0.337 e. The molecule has 19 heavy (non-hydrogen) atoms. The van der Waals surface area contributed by atoms with Gasteiger partial charge in [-0.2, -0.15) is 0 Å². The molecule has 1 rings (SSSR count). The van der Waals surface area contributed by atoms with E-state index in [0.29, 0.717) is 24.1 Å². The van der Waals surface area contributed by atoms with Crippen LogP contribution in [0.3, 0.4) is 0 Å². The smallest absolute Gasteiger partial charge is 0.337 e. The monoisotopic (exact) mass is 259 g/mol. The highest BCUT2D eigenvalue weighted by Crippen LogP contribution is 2.11. The van der Waals surface area contributed by atoms with Crippen molar-refractivity contribution in [3.8, 4) is 12.3 Å². The molecule has 0 spiro atoms. The van der Waals surface area contributed by atoms with Crippen molar-refractivity contribution in [2.75, 3.05) is 12.4 Å². The predicted molar refractivity (Wildman–Crippen MR) is 73.7 cm³/mol. The lowest BCUT2D eigenvalue weighted by Gasteiger charge is -2.05. The van der Waals surface area contributed by atoms with Gasteiger partial charge in [0.05, 0.1) is 12.7 Å². The molecule has 4 heteroatoms. The van der Waals surface area contributed by atoms with Gasteiger partial charge in [-0.05, 0) is 37.1 Å². The van der Waals surface area contributed by atoms with Crippen LogP contribution in [0.2, 0.25) is 0 Å². The van der Waals surface area contributed by atoms with Crippen LogP contribution < -0.4 is 5.32 Å². The van der Waals surface area contributed by atoms with E-state index in [2.05, 4.69) is 16.0 Å². The Morgan fingerprint density at radius 1 is 1.26 bits per heavy atom. The average Bonchev–Trinajstić information content (AvgIpc) is 2.43. The van der Waals surface area contributed by atoms with Crippen molar-refractivity contribution in [2.24, 2.45) is 0 Å². The molecule has 1 aromatic rings. The van der Waals surface area contributed by atoms with E-state index in [1.807, 2.05) is 0 Å². The topological polar surface area (TPSA) is 55.4 Å². The number of nitrogens with one attached hydrogen (secondary N) is 1. The Morgan fingerprint density at radius 2 is 1.95 bits per heavy atom. The third-order valence-corrected chi connectivity index (χ3v) is 2.56. The molecule has 0 bridgehead atoms. The van der Waals surface area contributed by atoms with Gasteiger partial charge in [0.2, 0.25) is 5.91 Å². The van der Waals surface area contributed by atoms with Crippen molar-refractivity contribution in [1.82, 2.24) is 0 Å². The molecular weight excluding hydrogens is 242 g/mol. The molecule has 0 unspecified atom stereocenters. The molecule has 0 atom stereocenters. The molecule has 0 aliphatic carbocycles. The van der Waals surface area contributed by atoms with E-state index in [1.165, 1.54) is 7.11 Å². The fraction of sp³-hybridized carbons (Fsp3) is 0.333. The molecule has 0 radical (unpaired) electrons. The first-order chi connectivity index (χ1) is 9.17. The van der Waals surface area contributed by atoms with Gasteiger partial charge in [-0.3, -0.25) is 4.79 Å². The van der Waals surface area contributed by atoms with Crippen LogP contribution >= 0.6 is 0 Å². The number of unbranched alkanes of at least 4 members (excludes halogenated alkanes) is 2. The quantitative estimate of drug-likeness (QED) is 0.485. The number of hydrogen-bond donors (Lipinski definition) is 1. The van der Waals surface area contributed by atoms with Gasteiger partial charge < -0.3 is 10.1 Å². The molecule has 0 saturated heterocycles. The lowest BCUT2D eigenvalue weighted by molar-refractivity contribution is -0.116. The van der Waals surface area contributed by atoms with Crippen molar-refractivity contribution in [3.05, 3.63) is 29.8 Å². The summed E-state index contributed by atoms with van der Waals surface area (Å²) in [5, 5.41) is 2.76. The van der Waals surface area contributed by atoms with E-state index in [1.54, 1.807) is 24.3 Å². The molecule has 0 heterocycles. The van der Waals surface area contributed by atoms with Crippen molar-refractivity contribution in [1.29, 1.82) is 0 Å². The van der Waals surface area contributed by atoms with Crippen molar-refractivity contribution in [3.63, 3.8) is 0 Å². The highest BCUT2D eigenvalue weighted by molar-refractivity contribution is 5.92. The number of hydrogen-bond acceptors (Lipinski definition) is 3. The van der Waals surface area contributed by atoms with Gasteiger partial charge in [0.15, 0.2) is 0 Å². The van der Waals surface area contributed by atoms with Crippen LogP contribution in [0.15, 0.2) is 24.3 Å². The summed E-state index contributed by atoms with van der Waals surface area (Å²) in [6.07, 6.45) is 7.90. The second kappa shape index (κ2) is 7.93. The predicted octanol–water partition coefficient (Wildman–Crippen LogP) is 2.61. The largest absolute Gasteiger partial charge is 0.465 e. The average molecular weight is 259 g/mol. The second-order valence-corrected chi connectivity index (χ2v) is 4.03. The molecule has 0 fully saturated rings. The van der Waals surface area contributed by atoms with Crippen LogP contribution in [0.1, 0.15) is 36.0 Å². The van der Waals surface area contributed by atoms with Gasteiger partial charge in [-0.1, -0.05) is 0 Å². The number of terminal acetylenes is 1. The Bertz CT molecular complexity index is 471. The molecule has 100 valence electrons. The fourth-order valence-corrected chi connectivity index (χ4v) is 1.54. The molecular formula is C15H17NO3.